The number of hydrogen-bond acceptors (Lipinski definition) is 11. The van der Waals surface area contributed by atoms with Crippen LogP contribution in [-0.2, 0) is 27.2 Å². The molecule has 1 aliphatic rings. The van der Waals surface area contributed by atoms with Gasteiger partial charge in [0.2, 0.25) is 0 Å². The molecule has 1 heterocycles. The minimum Gasteiger partial charge on any atom is -0.497 e. The van der Waals surface area contributed by atoms with Crippen molar-refractivity contribution in [1.82, 2.24) is 0 Å². The van der Waals surface area contributed by atoms with E-state index in [1.165, 1.54) is 20.3 Å². The maximum atomic E-state index is 14.0. The second-order valence-electron chi connectivity index (χ2n) is 6.81. The Morgan fingerprint density at radius 1 is 0.939 bits per heavy atom. The van der Waals surface area contributed by atoms with Gasteiger partial charge in [0, 0.05) is 12.5 Å². The lowest BCUT2D eigenvalue weighted by molar-refractivity contribution is 0.0957. The van der Waals surface area contributed by atoms with Gasteiger partial charge in [0.15, 0.2) is 5.78 Å². The maximum Gasteiger partial charge on any atom is 0.372 e. The van der Waals surface area contributed by atoms with Crippen LogP contribution < -0.4 is 9.47 Å². The van der Waals surface area contributed by atoms with Gasteiger partial charge in [-0.1, -0.05) is 0 Å². The van der Waals surface area contributed by atoms with E-state index in [1.54, 1.807) is 39.8 Å². The van der Waals surface area contributed by atoms with Crippen LogP contribution in [0.25, 0.3) is 0 Å². The SMILES string of the molecule is CCOP(=O)(OCC)C1(P(=O)(OCC)OCC)CC(C(=O)c2ccc(OC)cc2OC)N=N1. The number of nitrogens with zero attached hydrogens (tertiary/aromatic N) is 2. The average molecular weight is 506 g/mol. The van der Waals surface area contributed by atoms with E-state index in [0.29, 0.717) is 5.75 Å². The molecule has 1 aliphatic heterocycles. The highest BCUT2D eigenvalue weighted by Gasteiger charge is 2.69. The number of benzene rings is 1. The van der Waals surface area contributed by atoms with E-state index in [0.717, 1.165) is 0 Å². The fraction of sp³-hybridized carbons (Fsp3) is 0.650. The lowest BCUT2D eigenvalue weighted by Gasteiger charge is -2.36. The molecule has 0 saturated carbocycles. The molecule has 2 rings (SSSR count). The highest BCUT2D eigenvalue weighted by atomic mass is 31.2. The summed E-state index contributed by atoms with van der Waals surface area (Å²) in [7, 11) is -5.60. The fourth-order valence-corrected chi connectivity index (χ4v) is 8.83. The van der Waals surface area contributed by atoms with Crippen LogP contribution in [-0.4, -0.2) is 57.5 Å². The molecule has 0 bridgehead atoms. The zero-order valence-corrected chi connectivity index (χ0v) is 21.6. The molecule has 0 radical (unpaired) electrons. The van der Waals surface area contributed by atoms with E-state index in [-0.39, 0.29) is 44.2 Å². The van der Waals surface area contributed by atoms with Crippen molar-refractivity contribution in [3.05, 3.63) is 23.8 Å². The Kier molecular flexibility index (Phi) is 9.79. The lowest BCUT2D eigenvalue weighted by Crippen LogP contribution is -2.33. The van der Waals surface area contributed by atoms with Gasteiger partial charge in [-0.25, -0.2) is 0 Å². The second kappa shape index (κ2) is 11.7. The van der Waals surface area contributed by atoms with Gasteiger partial charge in [-0.05, 0) is 39.8 Å². The number of ether oxygens (including phenoxy) is 2. The van der Waals surface area contributed by atoms with Crippen LogP contribution in [0.2, 0.25) is 0 Å². The molecule has 0 aliphatic carbocycles. The van der Waals surface area contributed by atoms with Crippen LogP contribution in [0.15, 0.2) is 28.4 Å². The molecule has 0 aromatic heterocycles. The minimum absolute atomic E-state index is 0.0162. The number of Topliss-reactive ketones (excluding diaryl/α,β-unsaturated/α-hetero) is 1. The molecule has 13 heteroatoms. The van der Waals surface area contributed by atoms with Crippen LogP contribution in [0.4, 0.5) is 0 Å². The van der Waals surface area contributed by atoms with Crippen molar-refractivity contribution in [1.29, 1.82) is 0 Å². The standard InChI is InChI=1S/C20H32N2O9P2/c1-7-28-32(24,29-8-2)20(33(25,30-9-3)31-10-4)14-17(21-22-20)19(23)16-12-11-15(26-5)13-18(16)27-6/h11-13,17H,7-10,14H2,1-6H3. The van der Waals surface area contributed by atoms with E-state index >= 15 is 0 Å². The Morgan fingerprint density at radius 3 is 1.88 bits per heavy atom. The highest BCUT2D eigenvalue weighted by molar-refractivity contribution is 7.74. The quantitative estimate of drug-likeness (QED) is 0.244. The smallest absolute Gasteiger partial charge is 0.372 e. The Bertz CT molecular complexity index is 903. The predicted molar refractivity (Wildman–Crippen MR) is 122 cm³/mol. The Hall–Kier alpha value is -1.61. The van der Waals surface area contributed by atoms with E-state index in [2.05, 4.69) is 10.2 Å². The van der Waals surface area contributed by atoms with Gasteiger partial charge in [-0.2, -0.15) is 10.2 Å². The molecule has 1 atom stereocenters. The van der Waals surface area contributed by atoms with Gasteiger partial charge in [-0.15, -0.1) is 0 Å². The van der Waals surface area contributed by atoms with Crippen molar-refractivity contribution in [2.75, 3.05) is 40.6 Å². The average Bonchev–Trinajstić information content (AvgIpc) is 3.27. The van der Waals surface area contributed by atoms with Crippen molar-refractivity contribution < 1.29 is 41.5 Å². The third kappa shape index (κ3) is 5.24. The second-order valence-corrected chi connectivity index (χ2v) is 11.7. The first kappa shape index (κ1) is 27.6. The summed E-state index contributed by atoms with van der Waals surface area (Å²) in [5, 5.41) is 6.06. The number of azo groups is 1. The van der Waals surface area contributed by atoms with Crippen LogP contribution in [0, 0.1) is 0 Å². The van der Waals surface area contributed by atoms with E-state index in [4.69, 9.17) is 27.6 Å². The largest absolute Gasteiger partial charge is 0.497 e. The summed E-state index contributed by atoms with van der Waals surface area (Å²) >= 11 is 0. The van der Waals surface area contributed by atoms with E-state index < -0.39 is 32.0 Å². The molecule has 186 valence electrons. The number of methoxy groups -OCH3 is 2. The number of hydrogen-bond donors (Lipinski definition) is 0. The van der Waals surface area contributed by atoms with Gasteiger partial charge in [-0.3, -0.25) is 13.9 Å². The summed E-state index contributed by atoms with van der Waals surface area (Å²) in [5.74, 6) is 0.294. The molecule has 0 fully saturated rings. The zero-order chi connectivity index (χ0) is 24.7. The van der Waals surface area contributed by atoms with Gasteiger partial charge in [0.05, 0.1) is 46.2 Å². The van der Waals surface area contributed by atoms with Gasteiger partial charge >= 0.3 is 15.2 Å². The molecule has 1 aromatic rings. The third-order valence-electron chi connectivity index (χ3n) is 4.87. The van der Waals surface area contributed by atoms with Crippen molar-refractivity contribution in [3.8, 4) is 11.5 Å². The summed E-state index contributed by atoms with van der Waals surface area (Å²) < 4.78 is 60.4. The van der Waals surface area contributed by atoms with Crippen molar-refractivity contribution in [2.24, 2.45) is 10.2 Å². The van der Waals surface area contributed by atoms with Crippen molar-refractivity contribution in [2.45, 2.75) is 45.2 Å². The molecule has 33 heavy (non-hydrogen) atoms. The summed E-state index contributed by atoms with van der Waals surface area (Å²) in [6.45, 7) is 6.39. The topological polar surface area (TPSA) is 131 Å². The summed E-state index contributed by atoms with van der Waals surface area (Å²) in [5.41, 5.74) is 0.211. The number of ketones is 1. The van der Waals surface area contributed by atoms with E-state index in [9.17, 15) is 13.9 Å². The van der Waals surface area contributed by atoms with Crippen molar-refractivity contribution in [3.63, 3.8) is 0 Å². The first-order valence-electron chi connectivity index (χ1n) is 10.7. The molecule has 0 N–H and O–H groups in total. The summed E-state index contributed by atoms with van der Waals surface area (Å²) in [6, 6.07) is 3.55. The van der Waals surface area contributed by atoms with Crippen LogP contribution in [0.3, 0.4) is 0 Å². The van der Waals surface area contributed by atoms with Crippen LogP contribution >= 0.6 is 15.2 Å². The molecule has 0 amide bonds. The molecule has 0 spiro atoms. The number of rotatable bonds is 14. The third-order valence-corrected chi connectivity index (χ3v) is 11.0. The minimum atomic E-state index is -4.26. The summed E-state index contributed by atoms with van der Waals surface area (Å²) in [4.78, 5) is 13.4. The normalized spacial score (nSPS) is 17.8. The lowest BCUT2D eigenvalue weighted by atomic mass is 10.0. The molecule has 1 aromatic carbocycles. The van der Waals surface area contributed by atoms with Gasteiger partial charge < -0.3 is 27.6 Å². The molecule has 11 nitrogen and oxygen atoms in total. The predicted octanol–water partition coefficient (Wildman–Crippen LogP) is 5.30. The molecular weight excluding hydrogens is 474 g/mol. The van der Waals surface area contributed by atoms with Gasteiger partial charge in [0.1, 0.15) is 17.5 Å². The van der Waals surface area contributed by atoms with Crippen molar-refractivity contribution >= 4 is 21.0 Å². The first-order valence-corrected chi connectivity index (χ1v) is 13.8. The van der Waals surface area contributed by atoms with E-state index in [1.807, 2.05) is 0 Å². The summed E-state index contributed by atoms with van der Waals surface area (Å²) in [6.07, 6.45) is -0.352. The molecular formula is C20H32N2O9P2. The zero-order valence-electron chi connectivity index (χ0n) is 19.8. The Balaban J connectivity index is 2.58. The highest BCUT2D eigenvalue weighted by Crippen LogP contribution is 2.81. The monoisotopic (exact) mass is 506 g/mol. The van der Waals surface area contributed by atoms with Crippen LogP contribution in [0.5, 0.6) is 11.5 Å². The Labute approximate surface area is 194 Å². The van der Waals surface area contributed by atoms with Gasteiger partial charge in [0.25, 0.3) is 5.02 Å². The maximum absolute atomic E-state index is 14.0. The number of carbonyl (C=O) groups is 1. The molecule has 1 unspecified atom stereocenters. The van der Waals surface area contributed by atoms with Crippen LogP contribution in [0.1, 0.15) is 44.5 Å². The molecule has 0 saturated heterocycles. The fourth-order valence-electron chi connectivity index (χ4n) is 3.48. The Morgan fingerprint density at radius 2 is 1.45 bits per heavy atom. The number of carbonyl (C=O) groups excluding carboxylic acids is 1. The first-order chi connectivity index (χ1) is 15.7.